The van der Waals surface area contributed by atoms with Gasteiger partial charge in [-0.1, -0.05) is 84.1 Å². The normalized spacial score (nSPS) is 14.8. The van der Waals surface area contributed by atoms with Crippen LogP contribution in [0.4, 0.5) is 0 Å². The van der Waals surface area contributed by atoms with Gasteiger partial charge in [-0.05, 0) is 68.5 Å². The van der Waals surface area contributed by atoms with Crippen molar-refractivity contribution in [1.29, 1.82) is 0 Å². The molecule has 2 heterocycles. The molecule has 1 aliphatic rings. The third-order valence-corrected chi connectivity index (χ3v) is 8.92. The molecule has 0 bridgehead atoms. The monoisotopic (exact) mass is 654 g/mol. The Morgan fingerprint density at radius 1 is 1.02 bits per heavy atom. The molecule has 43 heavy (non-hydrogen) atoms. The Balaban J connectivity index is 1.39. The smallest absolute Gasteiger partial charge is 0.338 e. The minimum absolute atomic E-state index is 0.252. The molecule has 0 unspecified atom stereocenters. The van der Waals surface area contributed by atoms with E-state index in [4.69, 9.17) is 14.2 Å². The fourth-order valence-corrected chi connectivity index (χ4v) is 6.95. The van der Waals surface area contributed by atoms with Crippen molar-refractivity contribution in [1.82, 2.24) is 4.57 Å². The van der Waals surface area contributed by atoms with Crippen LogP contribution in [0.3, 0.4) is 0 Å². The van der Waals surface area contributed by atoms with Crippen molar-refractivity contribution in [3.8, 4) is 11.5 Å². The maximum Gasteiger partial charge on any atom is 0.338 e. The van der Waals surface area contributed by atoms with Gasteiger partial charge in [-0.3, -0.25) is 9.36 Å². The molecule has 0 amide bonds. The molecule has 0 radical (unpaired) electrons. The van der Waals surface area contributed by atoms with Crippen LogP contribution in [0.2, 0.25) is 0 Å². The average molecular weight is 656 g/mol. The number of halogens is 1. The molecule has 0 saturated carbocycles. The first-order valence-electron chi connectivity index (χ1n) is 13.5. The zero-order chi connectivity index (χ0) is 30.1. The molecule has 0 spiro atoms. The Labute approximate surface area is 260 Å². The molecular weight excluding hydrogens is 628 g/mol. The number of allylic oxidation sites excluding steroid dienone is 1. The number of nitrogens with zero attached hydrogens (tertiary/aromatic N) is 2. The van der Waals surface area contributed by atoms with Crippen LogP contribution in [0.5, 0.6) is 11.5 Å². The van der Waals surface area contributed by atoms with Gasteiger partial charge in [-0.2, -0.15) is 0 Å². The summed E-state index contributed by atoms with van der Waals surface area (Å²) in [4.78, 5) is 31.8. The van der Waals surface area contributed by atoms with Gasteiger partial charge < -0.3 is 14.2 Å². The summed E-state index contributed by atoms with van der Waals surface area (Å²) in [6.45, 7) is 2.12. The number of ether oxygens (including phenoxy) is 3. The zero-order valence-electron chi connectivity index (χ0n) is 23.7. The highest BCUT2D eigenvalue weighted by Gasteiger charge is 2.33. The lowest BCUT2D eigenvalue weighted by atomic mass is 9.96. The molecular formula is C34H27BrN2O5S. The van der Waals surface area contributed by atoms with E-state index < -0.39 is 12.0 Å². The van der Waals surface area contributed by atoms with Crippen LogP contribution in [-0.4, -0.2) is 24.8 Å². The molecule has 5 aromatic rings. The van der Waals surface area contributed by atoms with Gasteiger partial charge in [0.1, 0.15) is 6.61 Å². The topological polar surface area (TPSA) is 79.1 Å². The average Bonchev–Trinajstić information content (AvgIpc) is 3.33. The van der Waals surface area contributed by atoms with Crippen molar-refractivity contribution in [2.24, 2.45) is 4.99 Å². The first-order chi connectivity index (χ1) is 20.9. The van der Waals surface area contributed by atoms with Crippen LogP contribution in [0, 0.1) is 0 Å². The second-order valence-corrected chi connectivity index (χ2v) is 11.8. The third kappa shape index (κ3) is 5.42. The quantitative estimate of drug-likeness (QED) is 0.204. The van der Waals surface area contributed by atoms with E-state index in [-0.39, 0.29) is 5.56 Å². The lowest BCUT2D eigenvalue weighted by Crippen LogP contribution is -2.39. The Bertz CT molecular complexity index is 2080. The lowest BCUT2D eigenvalue weighted by Gasteiger charge is -2.24. The van der Waals surface area contributed by atoms with Crippen molar-refractivity contribution in [3.05, 3.63) is 137 Å². The van der Waals surface area contributed by atoms with Gasteiger partial charge in [-0.25, -0.2) is 9.79 Å². The highest BCUT2D eigenvalue weighted by atomic mass is 79.9. The number of hydrogen-bond acceptors (Lipinski definition) is 7. The van der Waals surface area contributed by atoms with Crippen molar-refractivity contribution in [2.75, 3.05) is 14.2 Å². The van der Waals surface area contributed by atoms with E-state index in [1.54, 1.807) is 24.7 Å². The van der Waals surface area contributed by atoms with Crippen molar-refractivity contribution in [3.63, 3.8) is 0 Å². The number of thiazole rings is 1. The van der Waals surface area contributed by atoms with E-state index in [0.717, 1.165) is 27.5 Å². The van der Waals surface area contributed by atoms with E-state index in [1.165, 1.54) is 18.4 Å². The summed E-state index contributed by atoms with van der Waals surface area (Å²) in [6, 6.07) is 26.8. The third-order valence-electron chi connectivity index (χ3n) is 7.34. The highest BCUT2D eigenvalue weighted by Crippen LogP contribution is 2.38. The number of hydrogen-bond donors (Lipinski definition) is 0. The predicted molar refractivity (Wildman–Crippen MR) is 171 cm³/mol. The SMILES string of the molecule is COC(=O)C1=C(C)N=c2s/c(=C\c3cc(Br)c(OCc4cccc5ccccc45)c(OC)c3)c(=O)n2[C@H]1c1ccccc1. The van der Waals surface area contributed by atoms with E-state index in [0.29, 0.717) is 43.2 Å². The number of aromatic nitrogens is 1. The minimum Gasteiger partial charge on any atom is -0.493 e. The van der Waals surface area contributed by atoms with E-state index in [1.807, 2.05) is 66.7 Å². The maximum absolute atomic E-state index is 13.9. The Hall–Kier alpha value is -4.47. The second-order valence-electron chi connectivity index (χ2n) is 9.95. The van der Waals surface area contributed by atoms with Gasteiger partial charge in [0, 0.05) is 0 Å². The number of rotatable bonds is 7. The Morgan fingerprint density at radius 3 is 2.53 bits per heavy atom. The molecule has 0 saturated heterocycles. The minimum atomic E-state index is -0.654. The number of methoxy groups -OCH3 is 2. The van der Waals surface area contributed by atoms with Gasteiger partial charge in [0.25, 0.3) is 5.56 Å². The van der Waals surface area contributed by atoms with E-state index >= 15 is 0 Å². The van der Waals surface area contributed by atoms with Gasteiger partial charge in [-0.15, -0.1) is 0 Å². The fraction of sp³-hybridized carbons (Fsp3) is 0.147. The van der Waals surface area contributed by atoms with Crippen molar-refractivity contribution in [2.45, 2.75) is 19.6 Å². The van der Waals surface area contributed by atoms with Crippen LogP contribution in [-0.2, 0) is 16.1 Å². The molecule has 0 fully saturated rings. The summed E-state index contributed by atoms with van der Waals surface area (Å²) in [5.41, 5.74) is 3.20. The number of fused-ring (bicyclic) bond motifs is 2. The molecule has 1 atom stereocenters. The molecule has 0 N–H and O–H groups in total. The highest BCUT2D eigenvalue weighted by molar-refractivity contribution is 9.10. The van der Waals surface area contributed by atoms with Gasteiger partial charge >= 0.3 is 5.97 Å². The number of carbonyl (C=O) groups excluding carboxylic acids is 1. The Morgan fingerprint density at radius 2 is 1.77 bits per heavy atom. The molecule has 6 rings (SSSR count). The molecule has 1 aliphatic heterocycles. The largest absolute Gasteiger partial charge is 0.493 e. The van der Waals surface area contributed by atoms with Gasteiger partial charge in [0.05, 0.1) is 40.5 Å². The summed E-state index contributed by atoms with van der Waals surface area (Å²) in [5, 5.41) is 2.28. The maximum atomic E-state index is 13.9. The van der Waals surface area contributed by atoms with Gasteiger partial charge in [0.2, 0.25) is 0 Å². The summed E-state index contributed by atoms with van der Waals surface area (Å²) in [5.74, 6) is 0.577. The van der Waals surface area contributed by atoms with Crippen LogP contribution < -0.4 is 24.4 Å². The summed E-state index contributed by atoms with van der Waals surface area (Å²) >= 11 is 4.92. The summed E-state index contributed by atoms with van der Waals surface area (Å²) in [7, 11) is 2.91. The number of benzene rings is 4. The van der Waals surface area contributed by atoms with E-state index in [9.17, 15) is 9.59 Å². The van der Waals surface area contributed by atoms with Crippen LogP contribution in [0.15, 0.2) is 110 Å². The predicted octanol–water partition coefficient (Wildman–Crippen LogP) is 5.91. The molecule has 4 aromatic carbocycles. The van der Waals surface area contributed by atoms with Crippen LogP contribution in [0.1, 0.15) is 29.7 Å². The Kier molecular flexibility index (Phi) is 8.01. The van der Waals surface area contributed by atoms with Gasteiger partial charge in [0.15, 0.2) is 16.3 Å². The first-order valence-corrected chi connectivity index (χ1v) is 15.1. The summed E-state index contributed by atoms with van der Waals surface area (Å²) < 4.78 is 19.8. The second kappa shape index (κ2) is 12.0. The van der Waals surface area contributed by atoms with E-state index in [2.05, 4.69) is 39.1 Å². The zero-order valence-corrected chi connectivity index (χ0v) is 26.1. The molecule has 1 aromatic heterocycles. The van der Waals surface area contributed by atoms with Crippen LogP contribution in [0.25, 0.3) is 16.8 Å². The molecule has 7 nitrogen and oxygen atoms in total. The summed E-state index contributed by atoms with van der Waals surface area (Å²) in [6.07, 6.45) is 1.80. The van der Waals surface area contributed by atoms with Crippen molar-refractivity contribution >= 4 is 50.1 Å². The molecule has 0 aliphatic carbocycles. The standard InChI is InChI=1S/C34H27BrN2O5S/c1-20-29(33(39)41-3)30(23-11-5-4-6-12-23)37-32(38)28(43-34(37)36-20)18-21-16-26(35)31(27(17-21)40-2)42-19-24-14-9-13-22-10-7-8-15-25(22)24/h4-18,30H,19H2,1-3H3/b28-18-/t30-/m0/s1. The number of carbonyl (C=O) groups is 1. The first kappa shape index (κ1) is 28.6. The van der Waals surface area contributed by atoms with Crippen molar-refractivity contribution < 1.29 is 19.0 Å². The van der Waals surface area contributed by atoms with Crippen LogP contribution >= 0.6 is 27.3 Å². The fourth-order valence-electron chi connectivity index (χ4n) is 5.33. The molecule has 216 valence electrons. The number of esters is 1. The molecule has 9 heteroatoms. The lowest BCUT2D eigenvalue weighted by molar-refractivity contribution is -0.136.